The van der Waals surface area contributed by atoms with Crippen molar-refractivity contribution in [1.82, 2.24) is 14.7 Å². The fourth-order valence-electron chi connectivity index (χ4n) is 3.12. The van der Waals surface area contributed by atoms with Gasteiger partial charge in [-0.3, -0.25) is 14.3 Å². The lowest BCUT2D eigenvalue weighted by atomic mass is 10.0. The molecule has 0 aliphatic carbocycles. The summed E-state index contributed by atoms with van der Waals surface area (Å²) < 4.78 is 6.79. The minimum Gasteiger partial charge on any atom is -0.462 e. The van der Waals surface area contributed by atoms with Crippen molar-refractivity contribution < 1.29 is 19.1 Å². The number of ether oxygens (including phenoxy) is 1. The molecule has 0 saturated carbocycles. The Morgan fingerprint density at radius 1 is 1.33 bits per heavy atom. The van der Waals surface area contributed by atoms with Crippen molar-refractivity contribution in [3.05, 3.63) is 34.0 Å². The maximum Gasteiger partial charge on any atom is 0.341 e. The monoisotopic (exact) mass is 390 g/mol. The first-order valence-corrected chi connectivity index (χ1v) is 9.68. The Morgan fingerprint density at radius 3 is 2.78 bits per heavy atom. The molecule has 0 saturated heterocycles. The van der Waals surface area contributed by atoms with Gasteiger partial charge in [-0.1, -0.05) is 0 Å². The molecule has 0 unspecified atom stereocenters. The normalized spacial score (nSPS) is 13.2. The number of thiophene rings is 1. The zero-order chi connectivity index (χ0) is 19.6. The van der Waals surface area contributed by atoms with Crippen LogP contribution in [-0.2, 0) is 29.0 Å². The number of hydrogen-bond acceptors (Lipinski definition) is 6. The lowest BCUT2D eigenvalue weighted by Gasteiger charge is -2.25. The van der Waals surface area contributed by atoms with Gasteiger partial charge in [-0.15, -0.1) is 11.3 Å². The minimum absolute atomic E-state index is 0.0100. The second-order valence-electron chi connectivity index (χ2n) is 6.11. The van der Waals surface area contributed by atoms with Crippen LogP contribution in [0.1, 0.15) is 52.1 Å². The Balaban J connectivity index is 1.95. The fraction of sp³-hybridized carbons (Fsp3) is 0.444. The van der Waals surface area contributed by atoms with Gasteiger partial charge in [-0.05, 0) is 31.9 Å². The number of hydrogen-bond donors (Lipinski definition) is 1. The summed E-state index contributed by atoms with van der Waals surface area (Å²) >= 11 is 1.32. The van der Waals surface area contributed by atoms with Crippen molar-refractivity contribution in [2.24, 2.45) is 0 Å². The van der Waals surface area contributed by atoms with Crippen LogP contribution in [0.15, 0.2) is 12.3 Å². The summed E-state index contributed by atoms with van der Waals surface area (Å²) in [4.78, 5) is 39.6. The molecule has 9 heteroatoms. The molecule has 0 fully saturated rings. The van der Waals surface area contributed by atoms with Gasteiger partial charge in [0.2, 0.25) is 5.91 Å². The molecular weight excluding hydrogens is 368 g/mol. The smallest absolute Gasteiger partial charge is 0.341 e. The third kappa shape index (κ3) is 3.73. The van der Waals surface area contributed by atoms with Crippen LogP contribution in [-0.4, -0.2) is 45.6 Å². The summed E-state index contributed by atoms with van der Waals surface area (Å²) in [5.74, 6) is -0.795. The highest BCUT2D eigenvalue weighted by Gasteiger charge is 2.30. The summed E-state index contributed by atoms with van der Waals surface area (Å²) in [7, 11) is 0. The van der Waals surface area contributed by atoms with Gasteiger partial charge in [0, 0.05) is 31.1 Å². The van der Waals surface area contributed by atoms with Crippen molar-refractivity contribution in [3.8, 4) is 0 Å². The van der Waals surface area contributed by atoms with Gasteiger partial charge in [0.1, 0.15) is 10.7 Å². The van der Waals surface area contributed by atoms with E-state index >= 15 is 0 Å². The van der Waals surface area contributed by atoms with Gasteiger partial charge in [0.05, 0.1) is 18.7 Å². The fourth-order valence-corrected chi connectivity index (χ4v) is 4.37. The number of carbonyl (C=O) groups excluding carboxylic acids is 3. The number of fused-ring (bicyclic) bond motifs is 1. The first-order valence-electron chi connectivity index (χ1n) is 8.86. The molecule has 0 radical (unpaired) electrons. The van der Waals surface area contributed by atoms with Gasteiger partial charge in [-0.2, -0.15) is 5.10 Å². The summed E-state index contributed by atoms with van der Waals surface area (Å²) in [6.45, 7) is 6.96. The lowest BCUT2D eigenvalue weighted by molar-refractivity contribution is -0.129. The van der Waals surface area contributed by atoms with Crippen LogP contribution < -0.4 is 5.32 Å². The van der Waals surface area contributed by atoms with E-state index < -0.39 is 5.97 Å². The summed E-state index contributed by atoms with van der Waals surface area (Å²) in [5.41, 5.74) is 1.68. The first kappa shape index (κ1) is 19.1. The summed E-state index contributed by atoms with van der Waals surface area (Å²) in [5, 5.41) is 7.40. The number of carbonyl (C=O) groups is 3. The van der Waals surface area contributed by atoms with E-state index in [1.165, 1.54) is 18.3 Å². The number of rotatable bonds is 5. The van der Waals surface area contributed by atoms with Crippen molar-refractivity contribution in [2.45, 2.75) is 40.3 Å². The highest BCUT2D eigenvalue weighted by molar-refractivity contribution is 7.17. The Hall–Kier alpha value is -2.68. The van der Waals surface area contributed by atoms with Gasteiger partial charge < -0.3 is 15.0 Å². The van der Waals surface area contributed by atoms with E-state index in [2.05, 4.69) is 10.4 Å². The first-order chi connectivity index (χ1) is 13.0. The molecule has 3 rings (SSSR count). The third-order valence-corrected chi connectivity index (χ3v) is 5.59. The molecule has 8 nitrogen and oxygen atoms in total. The predicted molar refractivity (Wildman–Crippen MR) is 101 cm³/mol. The van der Waals surface area contributed by atoms with E-state index in [9.17, 15) is 14.4 Å². The summed E-state index contributed by atoms with van der Waals surface area (Å²) in [6.07, 6.45) is 2.12. The Kier molecular flexibility index (Phi) is 5.59. The Bertz CT molecular complexity index is 886. The van der Waals surface area contributed by atoms with Gasteiger partial charge in [0.15, 0.2) is 0 Å². The van der Waals surface area contributed by atoms with E-state index in [1.807, 2.05) is 6.92 Å². The van der Waals surface area contributed by atoms with Gasteiger partial charge >= 0.3 is 5.97 Å². The molecule has 3 heterocycles. The van der Waals surface area contributed by atoms with Crippen molar-refractivity contribution in [1.29, 1.82) is 0 Å². The average molecular weight is 390 g/mol. The standard InChI is InChI=1S/C18H22N4O4S/c1-4-22-13(6-8-19-22)16(24)20-17-15(18(25)26-5-2)12-7-9-21(11(3)23)10-14(12)27-17/h6,8H,4-5,7,9-10H2,1-3H3,(H,20,24). The van der Waals surface area contributed by atoms with E-state index in [4.69, 9.17) is 4.74 Å². The maximum atomic E-state index is 12.7. The molecule has 2 aromatic heterocycles. The van der Waals surface area contributed by atoms with Crippen LogP contribution in [0, 0.1) is 0 Å². The largest absolute Gasteiger partial charge is 0.462 e. The van der Waals surface area contributed by atoms with Crippen molar-refractivity contribution in [3.63, 3.8) is 0 Å². The molecule has 27 heavy (non-hydrogen) atoms. The molecular formula is C18H22N4O4S. The number of nitrogens with one attached hydrogen (secondary N) is 1. The highest BCUT2D eigenvalue weighted by atomic mass is 32.1. The molecule has 0 atom stereocenters. The number of esters is 1. The molecule has 144 valence electrons. The van der Waals surface area contributed by atoms with E-state index in [-0.39, 0.29) is 18.4 Å². The number of amides is 2. The van der Waals surface area contributed by atoms with Crippen molar-refractivity contribution in [2.75, 3.05) is 18.5 Å². The van der Waals surface area contributed by atoms with Crippen molar-refractivity contribution >= 4 is 34.1 Å². The topological polar surface area (TPSA) is 93.5 Å². The molecule has 1 aliphatic rings. The van der Waals surface area contributed by atoms with E-state index in [0.717, 1.165) is 10.4 Å². The molecule has 2 aromatic rings. The number of aromatic nitrogens is 2. The van der Waals surface area contributed by atoms with Gasteiger partial charge in [-0.25, -0.2) is 4.79 Å². The number of aryl methyl sites for hydroxylation is 1. The highest BCUT2D eigenvalue weighted by Crippen LogP contribution is 2.38. The Morgan fingerprint density at radius 2 is 2.11 bits per heavy atom. The average Bonchev–Trinajstić information content (AvgIpc) is 3.25. The van der Waals surface area contributed by atoms with Crippen LogP contribution >= 0.6 is 11.3 Å². The van der Waals surface area contributed by atoms with Crippen LogP contribution in [0.2, 0.25) is 0 Å². The number of nitrogens with zero attached hydrogens (tertiary/aromatic N) is 3. The van der Waals surface area contributed by atoms with E-state index in [0.29, 0.717) is 42.3 Å². The van der Waals surface area contributed by atoms with Crippen LogP contribution in [0.25, 0.3) is 0 Å². The van der Waals surface area contributed by atoms with Crippen LogP contribution in [0.5, 0.6) is 0 Å². The SMILES string of the molecule is CCOC(=O)c1c(NC(=O)c2ccnn2CC)sc2c1CCN(C(C)=O)C2. The maximum absolute atomic E-state index is 12.7. The molecule has 1 N–H and O–H groups in total. The minimum atomic E-state index is -0.453. The zero-order valence-electron chi connectivity index (χ0n) is 15.6. The summed E-state index contributed by atoms with van der Waals surface area (Å²) in [6, 6.07) is 1.63. The molecule has 0 bridgehead atoms. The van der Waals surface area contributed by atoms with Gasteiger partial charge in [0.25, 0.3) is 5.91 Å². The predicted octanol–water partition coefficient (Wildman–Crippen LogP) is 2.30. The quantitative estimate of drug-likeness (QED) is 0.791. The molecule has 0 aromatic carbocycles. The molecule has 2 amide bonds. The Labute approximate surface area is 161 Å². The second-order valence-corrected chi connectivity index (χ2v) is 7.21. The van der Waals surface area contributed by atoms with Crippen LogP contribution in [0.4, 0.5) is 5.00 Å². The lowest BCUT2D eigenvalue weighted by Crippen LogP contribution is -2.34. The van der Waals surface area contributed by atoms with Crippen LogP contribution in [0.3, 0.4) is 0 Å². The van der Waals surface area contributed by atoms with E-state index in [1.54, 1.807) is 28.8 Å². The number of anilines is 1. The third-order valence-electron chi connectivity index (χ3n) is 4.46. The molecule has 0 spiro atoms. The zero-order valence-corrected chi connectivity index (χ0v) is 16.4. The molecule has 1 aliphatic heterocycles. The second kappa shape index (κ2) is 7.91.